The molecule has 4 aromatic rings. The van der Waals surface area contributed by atoms with Gasteiger partial charge in [0.2, 0.25) is 10.0 Å². The lowest BCUT2D eigenvalue weighted by atomic mass is 9.94. The summed E-state index contributed by atoms with van der Waals surface area (Å²) < 4.78 is 30.9. The summed E-state index contributed by atoms with van der Waals surface area (Å²) in [4.78, 5) is 5.38. The van der Waals surface area contributed by atoms with Crippen LogP contribution in [-0.4, -0.2) is 61.5 Å². The Labute approximate surface area is 219 Å². The third-order valence-electron chi connectivity index (χ3n) is 8.03. The van der Waals surface area contributed by atoms with Gasteiger partial charge in [0.1, 0.15) is 0 Å². The molecule has 0 saturated carbocycles. The summed E-state index contributed by atoms with van der Waals surface area (Å²) in [6.45, 7) is 9.40. The molecule has 2 aliphatic rings. The maximum atomic E-state index is 13.6. The molecule has 6 rings (SSSR count). The minimum Gasteiger partial charge on any atom is -0.368 e. The number of sulfonamides is 1. The average Bonchev–Trinajstić information content (AvgIpc) is 3.50. The van der Waals surface area contributed by atoms with E-state index in [1.54, 1.807) is 4.31 Å². The van der Waals surface area contributed by atoms with Gasteiger partial charge in [-0.2, -0.15) is 4.31 Å². The Morgan fingerprint density at radius 2 is 1.54 bits per heavy atom. The molecule has 192 valence electrons. The Kier molecular flexibility index (Phi) is 6.10. The quantitative estimate of drug-likeness (QED) is 0.360. The number of hydrogen-bond donors (Lipinski definition) is 0. The first-order valence-corrected chi connectivity index (χ1v) is 14.6. The molecule has 0 bridgehead atoms. The molecule has 0 radical (unpaired) electrons. The highest BCUT2D eigenvalue weighted by Gasteiger charge is 2.47. The van der Waals surface area contributed by atoms with Gasteiger partial charge in [-0.3, -0.25) is 4.90 Å². The molecule has 1 saturated heterocycles. The molecule has 3 heterocycles. The fraction of sp³-hybridized carbons (Fsp3) is 0.333. The van der Waals surface area contributed by atoms with Gasteiger partial charge in [0.15, 0.2) is 0 Å². The van der Waals surface area contributed by atoms with E-state index >= 15 is 0 Å². The molecule has 0 amide bonds. The zero-order valence-electron chi connectivity index (χ0n) is 21.5. The van der Waals surface area contributed by atoms with Crippen LogP contribution in [0, 0.1) is 0 Å². The van der Waals surface area contributed by atoms with E-state index in [-0.39, 0.29) is 0 Å². The molecule has 0 unspecified atom stereocenters. The smallest absolute Gasteiger partial charge is 0.244 e. The first-order chi connectivity index (χ1) is 17.9. The second-order valence-electron chi connectivity index (χ2n) is 10.6. The molecule has 6 nitrogen and oxygen atoms in total. The Balaban J connectivity index is 1.10. The van der Waals surface area contributed by atoms with Crippen molar-refractivity contribution in [2.45, 2.75) is 30.7 Å². The largest absolute Gasteiger partial charge is 0.368 e. The number of benzene rings is 3. The molecule has 37 heavy (non-hydrogen) atoms. The van der Waals surface area contributed by atoms with Gasteiger partial charge in [-0.25, -0.2) is 8.42 Å². The topological polar surface area (TPSA) is 48.8 Å². The van der Waals surface area contributed by atoms with Crippen LogP contribution in [-0.2, 0) is 15.6 Å². The second kappa shape index (κ2) is 9.31. The summed E-state index contributed by atoms with van der Waals surface area (Å²) in [5, 5.41) is 2.58. The van der Waals surface area contributed by atoms with Gasteiger partial charge >= 0.3 is 0 Å². The van der Waals surface area contributed by atoms with Crippen LogP contribution >= 0.6 is 0 Å². The number of fused-ring (bicyclic) bond motifs is 2. The molecule has 0 spiro atoms. The van der Waals surface area contributed by atoms with Crippen molar-refractivity contribution in [3.63, 3.8) is 0 Å². The summed E-state index contributed by atoms with van der Waals surface area (Å²) in [5.41, 5.74) is 2.50. The van der Waals surface area contributed by atoms with Crippen molar-refractivity contribution < 1.29 is 8.42 Å². The predicted molar refractivity (Wildman–Crippen MR) is 150 cm³/mol. The van der Waals surface area contributed by atoms with Crippen LogP contribution in [0.1, 0.15) is 25.8 Å². The van der Waals surface area contributed by atoms with Crippen molar-refractivity contribution in [3.8, 4) is 5.69 Å². The highest BCUT2D eigenvalue weighted by atomic mass is 32.2. The van der Waals surface area contributed by atoms with E-state index in [0.29, 0.717) is 11.4 Å². The third-order valence-corrected chi connectivity index (χ3v) is 10.1. The van der Waals surface area contributed by atoms with E-state index in [9.17, 15) is 8.42 Å². The minimum atomic E-state index is -3.54. The van der Waals surface area contributed by atoms with Crippen molar-refractivity contribution in [1.29, 1.82) is 0 Å². The predicted octanol–water partition coefficient (Wildman–Crippen LogP) is 5.08. The fourth-order valence-electron chi connectivity index (χ4n) is 5.98. The maximum absolute atomic E-state index is 13.6. The highest BCUT2D eigenvalue weighted by molar-refractivity contribution is 7.89. The Bertz CT molecular complexity index is 1520. The number of aromatic nitrogens is 1. The lowest BCUT2D eigenvalue weighted by Gasteiger charge is -2.37. The molecule has 0 atom stereocenters. The van der Waals surface area contributed by atoms with E-state index < -0.39 is 15.6 Å². The van der Waals surface area contributed by atoms with Gasteiger partial charge < -0.3 is 9.47 Å². The summed E-state index contributed by atoms with van der Waals surface area (Å²) in [6.07, 6.45) is 4.69. The van der Waals surface area contributed by atoms with Crippen molar-refractivity contribution in [2.75, 3.05) is 44.2 Å². The summed E-state index contributed by atoms with van der Waals surface area (Å²) in [6, 6.07) is 24.8. The van der Waals surface area contributed by atoms with Crippen molar-refractivity contribution in [3.05, 3.63) is 90.8 Å². The molecule has 7 heteroatoms. The first kappa shape index (κ1) is 24.2. The van der Waals surface area contributed by atoms with Gasteiger partial charge in [-0.15, -0.1) is 0 Å². The van der Waals surface area contributed by atoms with E-state index in [0.717, 1.165) is 50.4 Å². The van der Waals surface area contributed by atoms with Crippen molar-refractivity contribution >= 4 is 26.5 Å². The van der Waals surface area contributed by atoms with Gasteiger partial charge in [0.05, 0.1) is 10.4 Å². The van der Waals surface area contributed by atoms with Crippen LogP contribution in [0.4, 0.5) is 5.69 Å². The lowest BCUT2D eigenvalue weighted by molar-refractivity contribution is 0.210. The van der Waals surface area contributed by atoms with E-state index in [1.807, 2.05) is 61.1 Å². The van der Waals surface area contributed by atoms with Crippen LogP contribution in [0.3, 0.4) is 0 Å². The maximum Gasteiger partial charge on any atom is 0.244 e. The zero-order valence-corrected chi connectivity index (χ0v) is 22.4. The first-order valence-electron chi connectivity index (χ1n) is 13.1. The second-order valence-corrected chi connectivity index (χ2v) is 12.4. The van der Waals surface area contributed by atoms with Crippen molar-refractivity contribution in [2.24, 2.45) is 0 Å². The molecular weight excluding hydrogens is 480 g/mol. The van der Waals surface area contributed by atoms with Crippen LogP contribution in [0.2, 0.25) is 0 Å². The van der Waals surface area contributed by atoms with Gasteiger partial charge in [0, 0.05) is 61.9 Å². The van der Waals surface area contributed by atoms with Crippen molar-refractivity contribution in [1.82, 2.24) is 13.8 Å². The molecule has 0 N–H and O–H groups in total. The monoisotopic (exact) mass is 514 g/mol. The lowest BCUT2D eigenvalue weighted by Crippen LogP contribution is -2.47. The van der Waals surface area contributed by atoms with E-state index in [2.05, 4.69) is 52.3 Å². The Morgan fingerprint density at radius 1 is 0.811 bits per heavy atom. The van der Waals surface area contributed by atoms with E-state index in [4.69, 9.17) is 0 Å². The Morgan fingerprint density at radius 3 is 2.32 bits per heavy atom. The van der Waals surface area contributed by atoms with Crippen LogP contribution < -0.4 is 4.90 Å². The average molecular weight is 515 g/mol. The zero-order chi connectivity index (χ0) is 25.6. The number of rotatable bonds is 6. The fourth-order valence-corrected chi connectivity index (χ4v) is 8.16. The Hall–Kier alpha value is -3.13. The molecule has 2 aliphatic heterocycles. The minimum absolute atomic E-state index is 0.437. The summed E-state index contributed by atoms with van der Waals surface area (Å²) in [5.74, 6) is 0. The van der Waals surface area contributed by atoms with Crippen LogP contribution in [0.5, 0.6) is 0 Å². The molecule has 3 aromatic carbocycles. The standard InChI is InChI=1S/C30H34N4O2S/c1-30(2)27-14-13-25(32-16-5-6-17-32)23-29(27)37(35,36)34(30)18-8-15-31-19-21-33(22-20-31)28-12-7-10-24-9-3-4-11-26(24)28/h3-7,9-14,16-17,23H,8,15,18-22H2,1-2H3. The SMILES string of the molecule is CC1(C)c2ccc(-n3cccc3)cc2S(=O)(=O)N1CCCN1CCN(c2cccc3ccccc23)CC1. The number of anilines is 1. The number of nitrogens with zero attached hydrogens (tertiary/aromatic N) is 4. The molecule has 1 aromatic heterocycles. The summed E-state index contributed by atoms with van der Waals surface area (Å²) in [7, 11) is -3.54. The number of piperazine rings is 1. The third kappa shape index (κ3) is 4.25. The van der Waals surface area contributed by atoms with Crippen LogP contribution in [0.15, 0.2) is 90.1 Å². The summed E-state index contributed by atoms with van der Waals surface area (Å²) >= 11 is 0. The highest BCUT2D eigenvalue weighted by Crippen LogP contribution is 2.44. The molecule has 0 aliphatic carbocycles. The normalized spacial score (nSPS) is 19.4. The number of hydrogen-bond acceptors (Lipinski definition) is 4. The van der Waals surface area contributed by atoms with E-state index in [1.165, 1.54) is 16.5 Å². The molecular formula is C30H34N4O2S. The van der Waals surface area contributed by atoms with Crippen LogP contribution in [0.25, 0.3) is 16.5 Å². The van der Waals surface area contributed by atoms with Gasteiger partial charge in [0.25, 0.3) is 0 Å². The molecule has 1 fully saturated rings. The van der Waals surface area contributed by atoms with Gasteiger partial charge in [-0.1, -0.05) is 42.5 Å². The van der Waals surface area contributed by atoms with Gasteiger partial charge in [-0.05, 0) is 68.1 Å².